The molecular formula is C21H19NO5. The fourth-order valence-electron chi connectivity index (χ4n) is 2.66. The van der Waals surface area contributed by atoms with Crippen molar-refractivity contribution in [3.8, 4) is 0 Å². The Morgan fingerprint density at radius 2 is 1.56 bits per heavy atom. The Hall–Kier alpha value is -3.41. The monoisotopic (exact) mass is 365 g/mol. The molecule has 1 fully saturated rings. The zero-order chi connectivity index (χ0) is 19.4. The highest BCUT2D eigenvalue weighted by Gasteiger charge is 2.39. The summed E-state index contributed by atoms with van der Waals surface area (Å²) in [6.45, 7) is 2.95. The highest BCUT2D eigenvalue weighted by atomic mass is 16.7. The summed E-state index contributed by atoms with van der Waals surface area (Å²) < 4.78 is 10.1. The molecule has 138 valence electrons. The van der Waals surface area contributed by atoms with E-state index < -0.39 is 17.7 Å². The first kappa shape index (κ1) is 18.4. The molecule has 6 nitrogen and oxygen atoms in total. The standard InChI is InChI=1S/C21H19NO5/c1-21(2)26-19(24)16(20(25)27-21)13-22-17-11-7-6-10-15(17)18(23)12-14-8-4-3-5-9-14/h3-11,13,22H,12H2,1-2H3. The average molecular weight is 365 g/mol. The normalized spacial score (nSPS) is 15.6. The van der Waals surface area contributed by atoms with Crippen molar-refractivity contribution < 1.29 is 23.9 Å². The van der Waals surface area contributed by atoms with Crippen LogP contribution in [0.3, 0.4) is 0 Å². The van der Waals surface area contributed by atoms with Gasteiger partial charge in [0.25, 0.3) is 5.79 Å². The van der Waals surface area contributed by atoms with Crippen LogP contribution in [0.25, 0.3) is 0 Å². The van der Waals surface area contributed by atoms with Crippen LogP contribution < -0.4 is 5.32 Å². The third kappa shape index (κ3) is 4.41. The highest BCUT2D eigenvalue weighted by molar-refractivity contribution is 6.15. The molecule has 1 saturated heterocycles. The number of para-hydroxylation sites is 1. The molecule has 1 aliphatic heterocycles. The number of cyclic esters (lactones) is 2. The summed E-state index contributed by atoms with van der Waals surface area (Å²) >= 11 is 0. The zero-order valence-corrected chi connectivity index (χ0v) is 15.0. The first-order chi connectivity index (χ1) is 12.9. The molecule has 6 heteroatoms. The van der Waals surface area contributed by atoms with Crippen molar-refractivity contribution in [2.45, 2.75) is 26.1 Å². The second-order valence-corrected chi connectivity index (χ2v) is 6.51. The number of carbonyl (C=O) groups excluding carboxylic acids is 3. The van der Waals surface area contributed by atoms with Gasteiger partial charge in [-0.2, -0.15) is 0 Å². The molecule has 0 unspecified atom stereocenters. The number of benzene rings is 2. The van der Waals surface area contributed by atoms with Crippen LogP contribution in [0.2, 0.25) is 0 Å². The number of hydrogen-bond acceptors (Lipinski definition) is 6. The van der Waals surface area contributed by atoms with Crippen molar-refractivity contribution in [3.63, 3.8) is 0 Å². The molecule has 2 aromatic rings. The van der Waals surface area contributed by atoms with Gasteiger partial charge in [-0.25, -0.2) is 9.59 Å². The molecule has 0 bridgehead atoms. The molecule has 2 aromatic carbocycles. The smallest absolute Gasteiger partial charge is 0.350 e. The maximum atomic E-state index is 12.7. The molecule has 0 amide bonds. The largest absolute Gasteiger partial charge is 0.419 e. The number of ether oxygens (including phenoxy) is 2. The Labute approximate surface area is 156 Å². The summed E-state index contributed by atoms with van der Waals surface area (Å²) in [6, 6.07) is 16.3. The highest BCUT2D eigenvalue weighted by Crippen LogP contribution is 2.23. The Morgan fingerprint density at radius 1 is 0.963 bits per heavy atom. The fourth-order valence-corrected chi connectivity index (χ4v) is 2.66. The van der Waals surface area contributed by atoms with E-state index in [0.29, 0.717) is 11.3 Å². The van der Waals surface area contributed by atoms with Crippen LogP contribution in [0.1, 0.15) is 29.8 Å². The molecule has 0 atom stereocenters. The van der Waals surface area contributed by atoms with Crippen LogP contribution in [0.4, 0.5) is 5.69 Å². The van der Waals surface area contributed by atoms with Gasteiger partial charge >= 0.3 is 11.9 Å². The molecule has 1 aliphatic rings. The van der Waals surface area contributed by atoms with E-state index in [1.807, 2.05) is 30.3 Å². The summed E-state index contributed by atoms with van der Waals surface area (Å²) in [7, 11) is 0. The van der Waals surface area contributed by atoms with Gasteiger partial charge in [0.1, 0.15) is 0 Å². The van der Waals surface area contributed by atoms with Gasteiger partial charge in [0.15, 0.2) is 11.4 Å². The lowest BCUT2D eigenvalue weighted by molar-refractivity contribution is -0.222. The van der Waals surface area contributed by atoms with Crippen molar-refractivity contribution >= 4 is 23.4 Å². The summed E-state index contributed by atoms with van der Waals surface area (Å²) in [4.78, 5) is 36.7. The second-order valence-electron chi connectivity index (χ2n) is 6.51. The minimum absolute atomic E-state index is 0.0855. The van der Waals surface area contributed by atoms with Crippen molar-refractivity contribution in [2.75, 3.05) is 5.32 Å². The quantitative estimate of drug-likeness (QED) is 0.379. The first-order valence-electron chi connectivity index (χ1n) is 8.45. The van der Waals surface area contributed by atoms with Gasteiger partial charge in [-0.1, -0.05) is 42.5 Å². The lowest BCUT2D eigenvalue weighted by Gasteiger charge is -2.29. The van der Waals surface area contributed by atoms with E-state index in [1.165, 1.54) is 20.0 Å². The predicted octanol–water partition coefficient (Wildman–Crippen LogP) is 3.24. The topological polar surface area (TPSA) is 81.7 Å². The van der Waals surface area contributed by atoms with E-state index in [-0.39, 0.29) is 17.8 Å². The molecular weight excluding hydrogens is 346 g/mol. The lowest BCUT2D eigenvalue weighted by Crippen LogP contribution is -2.42. The van der Waals surface area contributed by atoms with Crippen molar-refractivity contribution in [1.82, 2.24) is 0 Å². The number of rotatable bonds is 5. The van der Waals surface area contributed by atoms with E-state index in [9.17, 15) is 14.4 Å². The van der Waals surface area contributed by atoms with Crippen LogP contribution in [-0.2, 0) is 25.5 Å². The summed E-state index contributed by atoms with van der Waals surface area (Å²) in [5, 5.41) is 2.85. The van der Waals surface area contributed by atoms with Crippen LogP contribution in [-0.4, -0.2) is 23.5 Å². The first-order valence-corrected chi connectivity index (χ1v) is 8.45. The molecule has 0 aliphatic carbocycles. The zero-order valence-electron chi connectivity index (χ0n) is 15.0. The molecule has 1 heterocycles. The Morgan fingerprint density at radius 3 is 2.22 bits per heavy atom. The number of esters is 2. The molecule has 0 aromatic heterocycles. The molecule has 0 saturated carbocycles. The van der Waals surface area contributed by atoms with Gasteiger partial charge in [0, 0.05) is 37.7 Å². The number of carbonyl (C=O) groups is 3. The maximum Gasteiger partial charge on any atom is 0.350 e. The van der Waals surface area contributed by atoms with Gasteiger partial charge in [-0.05, 0) is 17.7 Å². The van der Waals surface area contributed by atoms with E-state index in [2.05, 4.69) is 5.32 Å². The number of nitrogens with one attached hydrogen (secondary N) is 1. The molecule has 0 spiro atoms. The van der Waals surface area contributed by atoms with Crippen LogP contribution in [0, 0.1) is 0 Å². The molecule has 1 N–H and O–H groups in total. The van der Waals surface area contributed by atoms with Gasteiger partial charge < -0.3 is 14.8 Å². The predicted molar refractivity (Wildman–Crippen MR) is 98.9 cm³/mol. The van der Waals surface area contributed by atoms with Crippen molar-refractivity contribution in [3.05, 3.63) is 77.5 Å². The van der Waals surface area contributed by atoms with Crippen LogP contribution in [0.15, 0.2) is 66.4 Å². The minimum atomic E-state index is -1.30. The van der Waals surface area contributed by atoms with E-state index in [1.54, 1.807) is 24.3 Å². The molecule has 0 radical (unpaired) electrons. The Bertz CT molecular complexity index is 893. The molecule has 3 rings (SSSR count). The number of anilines is 1. The summed E-state index contributed by atoms with van der Waals surface area (Å²) in [5.41, 5.74) is 1.57. The lowest BCUT2D eigenvalue weighted by atomic mass is 10.0. The SMILES string of the molecule is CC1(C)OC(=O)C(=CNc2ccccc2C(=O)Cc2ccccc2)C(=O)O1. The third-order valence-electron chi connectivity index (χ3n) is 3.92. The molecule has 27 heavy (non-hydrogen) atoms. The van der Waals surface area contributed by atoms with Gasteiger partial charge in [0.05, 0.1) is 0 Å². The van der Waals surface area contributed by atoms with Crippen LogP contribution >= 0.6 is 0 Å². The fraction of sp³-hybridized carbons (Fsp3) is 0.190. The van der Waals surface area contributed by atoms with Crippen molar-refractivity contribution in [1.29, 1.82) is 0 Å². The Kier molecular flexibility index (Phi) is 5.07. The third-order valence-corrected chi connectivity index (χ3v) is 3.92. The van der Waals surface area contributed by atoms with E-state index in [0.717, 1.165) is 5.56 Å². The summed E-state index contributed by atoms with van der Waals surface area (Å²) in [6.07, 6.45) is 1.45. The average Bonchev–Trinajstić information content (AvgIpc) is 2.61. The number of hydrogen-bond donors (Lipinski definition) is 1. The Balaban J connectivity index is 1.79. The van der Waals surface area contributed by atoms with Crippen LogP contribution in [0.5, 0.6) is 0 Å². The number of Topliss-reactive ketones (excluding diaryl/α,β-unsaturated/α-hetero) is 1. The second kappa shape index (κ2) is 7.45. The van der Waals surface area contributed by atoms with Gasteiger partial charge in [0.2, 0.25) is 0 Å². The summed E-state index contributed by atoms with van der Waals surface area (Å²) in [5.74, 6) is -2.94. The van der Waals surface area contributed by atoms with Gasteiger partial charge in [-0.15, -0.1) is 0 Å². The van der Waals surface area contributed by atoms with Gasteiger partial charge in [-0.3, -0.25) is 4.79 Å². The minimum Gasteiger partial charge on any atom is -0.419 e. The number of ketones is 1. The van der Waals surface area contributed by atoms with E-state index >= 15 is 0 Å². The van der Waals surface area contributed by atoms with E-state index in [4.69, 9.17) is 9.47 Å². The maximum absolute atomic E-state index is 12.7. The van der Waals surface area contributed by atoms with Crippen molar-refractivity contribution in [2.24, 2.45) is 0 Å².